The molecule has 2 saturated heterocycles. The van der Waals surface area contributed by atoms with Crippen molar-refractivity contribution in [2.24, 2.45) is 0 Å². The van der Waals surface area contributed by atoms with Crippen LogP contribution in [0.1, 0.15) is 63.7 Å². The first-order chi connectivity index (χ1) is 19.0. The molecular weight excluding hydrogens is 533 g/mol. The molecule has 5 rings (SSSR count). The fourth-order valence-electron chi connectivity index (χ4n) is 5.31. The Hall–Kier alpha value is -4.67. The maximum absolute atomic E-state index is 13.3. The van der Waals surface area contributed by atoms with Gasteiger partial charge >= 0.3 is 12.1 Å². The van der Waals surface area contributed by atoms with Gasteiger partial charge in [-0.2, -0.15) is 18.3 Å². The lowest BCUT2D eigenvalue weighted by molar-refractivity contribution is -0.186. The number of anilines is 1. The molecule has 2 N–H and O–H groups in total. The molecule has 5 amide bonds. The molecule has 3 aliphatic heterocycles. The number of hydrogen-bond acceptors (Lipinski definition) is 7. The van der Waals surface area contributed by atoms with Crippen LogP contribution in [0.5, 0.6) is 0 Å². The molecule has 40 heavy (non-hydrogen) atoms. The van der Waals surface area contributed by atoms with Crippen LogP contribution in [-0.4, -0.2) is 74.4 Å². The fraction of sp³-hybridized carbons (Fsp3) is 0.385. The van der Waals surface area contributed by atoms with Crippen molar-refractivity contribution in [2.75, 3.05) is 18.4 Å². The van der Waals surface area contributed by atoms with Gasteiger partial charge < -0.3 is 10.2 Å². The number of imide groups is 2. The molecule has 4 heterocycles. The fourth-order valence-corrected chi connectivity index (χ4v) is 5.31. The Kier molecular flexibility index (Phi) is 6.82. The Morgan fingerprint density at radius 1 is 1.12 bits per heavy atom. The zero-order valence-electron chi connectivity index (χ0n) is 21.0. The van der Waals surface area contributed by atoms with Crippen LogP contribution < -0.4 is 10.6 Å². The molecule has 3 aliphatic rings. The maximum atomic E-state index is 13.3. The number of amides is 5. The number of alkyl halides is 3. The smallest absolute Gasteiger partial charge is 0.380 e. The number of piperidine rings is 2. The van der Waals surface area contributed by atoms with Crippen molar-refractivity contribution in [1.82, 2.24) is 24.9 Å². The number of nitrogens with zero attached hydrogens (tertiary/aromatic N) is 4. The molecule has 1 unspecified atom stereocenters. The summed E-state index contributed by atoms with van der Waals surface area (Å²) in [5.41, 5.74) is 1.52. The summed E-state index contributed by atoms with van der Waals surface area (Å²) in [6, 6.07) is 3.27. The predicted molar refractivity (Wildman–Crippen MR) is 132 cm³/mol. The van der Waals surface area contributed by atoms with Crippen molar-refractivity contribution in [1.29, 1.82) is 0 Å². The van der Waals surface area contributed by atoms with E-state index in [1.165, 1.54) is 12.3 Å². The molecule has 1 aromatic carbocycles. The molecule has 1 atom stereocenters. The lowest BCUT2D eigenvalue weighted by Gasteiger charge is -2.32. The van der Waals surface area contributed by atoms with Crippen LogP contribution in [0.3, 0.4) is 0 Å². The molecule has 208 valence electrons. The molecule has 1 aromatic heterocycles. The van der Waals surface area contributed by atoms with Crippen LogP contribution in [0, 0.1) is 12.3 Å². The summed E-state index contributed by atoms with van der Waals surface area (Å²) >= 11 is 0. The molecule has 2 aromatic rings. The SMILES string of the molecule is C#Cc1c(CNc2cccc3c2C(=O)N(C2CCC(=O)NC2=O)C3=O)cnn1C1CCN(C(=O)C(F)(F)F)CC1. The van der Waals surface area contributed by atoms with E-state index in [4.69, 9.17) is 6.42 Å². The van der Waals surface area contributed by atoms with E-state index in [1.807, 2.05) is 0 Å². The highest BCUT2D eigenvalue weighted by Gasteiger charge is 2.46. The standard InChI is InChI=1S/C26H23F3N6O5/c1-2-18-14(13-31-35(18)15-8-10-33(11-9-15)25(40)26(27,28)29)12-30-17-5-3-4-16-21(17)24(39)34(23(16)38)19-6-7-20(36)32-22(19)37/h1,3-5,13,15,19,30H,6-12H2,(H,32,36,37). The van der Waals surface area contributed by atoms with E-state index in [2.05, 4.69) is 21.7 Å². The summed E-state index contributed by atoms with van der Waals surface area (Å²) in [5.74, 6) is -1.78. The normalized spacial score (nSPS) is 19.9. The largest absolute Gasteiger partial charge is 0.471 e. The van der Waals surface area contributed by atoms with E-state index < -0.39 is 41.8 Å². The monoisotopic (exact) mass is 556 g/mol. The van der Waals surface area contributed by atoms with E-state index >= 15 is 0 Å². The average molecular weight is 557 g/mol. The van der Waals surface area contributed by atoms with E-state index in [0.29, 0.717) is 16.9 Å². The minimum absolute atomic E-state index is 0.00539. The van der Waals surface area contributed by atoms with Crippen molar-refractivity contribution in [3.63, 3.8) is 0 Å². The van der Waals surface area contributed by atoms with Gasteiger partial charge in [0, 0.05) is 37.3 Å². The van der Waals surface area contributed by atoms with Crippen LogP contribution in [0.25, 0.3) is 0 Å². The van der Waals surface area contributed by atoms with Crippen LogP contribution >= 0.6 is 0 Å². The van der Waals surface area contributed by atoms with Crippen LogP contribution in [0.4, 0.5) is 18.9 Å². The topological polar surface area (TPSA) is 134 Å². The lowest BCUT2D eigenvalue weighted by atomic mass is 10.0. The number of nitrogens with one attached hydrogen (secondary N) is 2. The van der Waals surface area contributed by atoms with Gasteiger partial charge in [-0.15, -0.1) is 6.42 Å². The van der Waals surface area contributed by atoms with Gasteiger partial charge in [0.05, 0.1) is 23.4 Å². The maximum Gasteiger partial charge on any atom is 0.471 e. The van der Waals surface area contributed by atoms with E-state index in [9.17, 15) is 37.1 Å². The van der Waals surface area contributed by atoms with Crippen LogP contribution in [0.2, 0.25) is 0 Å². The third-order valence-electron chi connectivity index (χ3n) is 7.29. The molecule has 0 radical (unpaired) electrons. The van der Waals surface area contributed by atoms with Gasteiger partial charge in [-0.1, -0.05) is 12.0 Å². The predicted octanol–water partition coefficient (Wildman–Crippen LogP) is 1.60. The molecule has 0 saturated carbocycles. The van der Waals surface area contributed by atoms with Gasteiger partial charge in [-0.25, -0.2) is 0 Å². The summed E-state index contributed by atoms with van der Waals surface area (Å²) in [4.78, 5) is 63.4. The lowest BCUT2D eigenvalue weighted by Crippen LogP contribution is -2.54. The Morgan fingerprint density at radius 2 is 1.85 bits per heavy atom. The minimum atomic E-state index is -4.93. The number of benzene rings is 1. The third-order valence-corrected chi connectivity index (χ3v) is 7.29. The van der Waals surface area contributed by atoms with Gasteiger partial charge in [0.1, 0.15) is 11.7 Å². The number of rotatable bonds is 5. The van der Waals surface area contributed by atoms with Crippen molar-refractivity contribution >= 4 is 35.2 Å². The minimum Gasteiger partial charge on any atom is -0.380 e. The summed E-state index contributed by atoms with van der Waals surface area (Å²) in [7, 11) is 0. The number of likely N-dealkylation sites (tertiary alicyclic amines) is 1. The summed E-state index contributed by atoms with van der Waals surface area (Å²) in [6.07, 6.45) is 2.85. The molecule has 0 aliphatic carbocycles. The van der Waals surface area contributed by atoms with Crippen molar-refractivity contribution in [3.05, 3.63) is 46.8 Å². The van der Waals surface area contributed by atoms with E-state index in [-0.39, 0.29) is 62.5 Å². The zero-order valence-corrected chi connectivity index (χ0v) is 21.0. The number of terminal acetylenes is 1. The molecule has 0 spiro atoms. The Morgan fingerprint density at radius 3 is 2.50 bits per heavy atom. The van der Waals surface area contributed by atoms with Gasteiger partial charge in [-0.3, -0.25) is 38.9 Å². The van der Waals surface area contributed by atoms with Gasteiger partial charge in [0.2, 0.25) is 11.8 Å². The first-order valence-electron chi connectivity index (χ1n) is 12.5. The number of halogens is 3. The third kappa shape index (κ3) is 4.67. The van der Waals surface area contributed by atoms with Gasteiger partial charge in [0.15, 0.2) is 0 Å². The second-order valence-corrected chi connectivity index (χ2v) is 9.66. The molecule has 11 nitrogen and oxygen atoms in total. The quantitative estimate of drug-likeness (QED) is 0.422. The van der Waals surface area contributed by atoms with Gasteiger partial charge in [-0.05, 0) is 31.4 Å². The highest BCUT2D eigenvalue weighted by molar-refractivity contribution is 6.25. The Balaban J connectivity index is 1.30. The summed E-state index contributed by atoms with van der Waals surface area (Å²) in [5, 5.41) is 9.59. The van der Waals surface area contributed by atoms with Crippen molar-refractivity contribution in [2.45, 2.75) is 50.5 Å². The second-order valence-electron chi connectivity index (χ2n) is 9.66. The second kappa shape index (κ2) is 10.1. The Labute approximate surface area is 225 Å². The number of aromatic nitrogens is 2. The van der Waals surface area contributed by atoms with Crippen molar-refractivity contribution in [3.8, 4) is 12.3 Å². The van der Waals surface area contributed by atoms with Gasteiger partial charge in [0.25, 0.3) is 11.8 Å². The molecule has 0 bridgehead atoms. The highest BCUT2D eigenvalue weighted by Crippen LogP contribution is 2.33. The number of carbonyl (C=O) groups excluding carboxylic acids is 5. The van der Waals surface area contributed by atoms with Crippen LogP contribution in [-0.2, 0) is 20.9 Å². The average Bonchev–Trinajstić information content (AvgIpc) is 3.45. The first kappa shape index (κ1) is 26.9. The van der Waals surface area contributed by atoms with E-state index in [0.717, 1.165) is 9.80 Å². The number of hydrogen-bond donors (Lipinski definition) is 2. The number of carbonyl (C=O) groups is 5. The number of fused-ring (bicyclic) bond motifs is 1. The van der Waals surface area contributed by atoms with Crippen molar-refractivity contribution < 1.29 is 37.1 Å². The first-order valence-corrected chi connectivity index (χ1v) is 12.5. The molecule has 14 heteroatoms. The zero-order chi connectivity index (χ0) is 28.8. The summed E-state index contributed by atoms with van der Waals surface area (Å²) < 4.78 is 39.8. The molecular formula is C26H23F3N6O5. The Bertz CT molecular complexity index is 1470. The summed E-state index contributed by atoms with van der Waals surface area (Å²) in [6.45, 7) is -0.0614. The van der Waals surface area contributed by atoms with Crippen LogP contribution in [0.15, 0.2) is 24.4 Å². The highest BCUT2D eigenvalue weighted by atomic mass is 19.4. The molecule has 2 fully saturated rings. The van der Waals surface area contributed by atoms with E-state index in [1.54, 1.807) is 16.8 Å².